The lowest BCUT2D eigenvalue weighted by atomic mass is 10.0. The Labute approximate surface area is 212 Å². The van der Waals surface area contributed by atoms with Gasteiger partial charge in [-0.1, -0.05) is 142 Å². The molecule has 0 unspecified atom stereocenters. The molecular weight excluding hydrogens is 422 g/mol. The number of nitrogens with one attached hydrogen (secondary N) is 1. The molecule has 0 saturated carbocycles. The van der Waals surface area contributed by atoms with Gasteiger partial charge in [0.2, 0.25) is 5.91 Å². The van der Waals surface area contributed by atoms with Crippen LogP contribution in [0, 0.1) is 0 Å². The Kier molecular flexibility index (Phi) is 27.3. The van der Waals surface area contributed by atoms with Crippen molar-refractivity contribution >= 4 is 11.9 Å². The van der Waals surface area contributed by atoms with E-state index in [1.807, 2.05) is 0 Å². The predicted octanol–water partition coefficient (Wildman–Crippen LogP) is 9.05. The summed E-state index contributed by atoms with van der Waals surface area (Å²) >= 11 is 0. The van der Waals surface area contributed by atoms with Crippen molar-refractivity contribution in [2.45, 2.75) is 168 Å². The van der Waals surface area contributed by atoms with Crippen LogP contribution in [0.3, 0.4) is 0 Å². The van der Waals surface area contributed by atoms with Gasteiger partial charge >= 0.3 is 5.97 Å². The molecule has 0 rings (SSSR count). The molecule has 0 heterocycles. The summed E-state index contributed by atoms with van der Waals surface area (Å²) in [5.74, 6) is -0.0493. The van der Waals surface area contributed by atoms with Gasteiger partial charge in [-0.2, -0.15) is 0 Å². The predicted molar refractivity (Wildman–Crippen MR) is 146 cm³/mol. The van der Waals surface area contributed by atoms with Gasteiger partial charge in [-0.25, -0.2) is 0 Å². The van der Waals surface area contributed by atoms with Gasteiger partial charge in [0.1, 0.15) is 6.61 Å². The number of hydrogen-bond acceptors (Lipinski definition) is 3. The van der Waals surface area contributed by atoms with E-state index >= 15 is 0 Å². The first kappa shape index (κ1) is 32.9. The molecule has 0 aliphatic rings. The van der Waals surface area contributed by atoms with Crippen LogP contribution in [0.15, 0.2) is 0 Å². The Morgan fingerprint density at radius 1 is 0.500 bits per heavy atom. The molecule has 0 aliphatic carbocycles. The highest BCUT2D eigenvalue weighted by molar-refractivity contribution is 5.75. The summed E-state index contributed by atoms with van der Waals surface area (Å²) in [5.41, 5.74) is 0. The van der Waals surface area contributed by atoms with Crippen molar-refractivity contribution < 1.29 is 14.3 Å². The first-order valence-corrected chi connectivity index (χ1v) is 15.1. The summed E-state index contributed by atoms with van der Waals surface area (Å²) in [6.07, 6.45) is 29.4. The third-order valence-corrected chi connectivity index (χ3v) is 6.68. The topological polar surface area (TPSA) is 55.4 Å². The van der Waals surface area contributed by atoms with Gasteiger partial charge in [-0.15, -0.1) is 0 Å². The van der Waals surface area contributed by atoms with Crippen molar-refractivity contribution in [3.63, 3.8) is 0 Å². The number of carbonyl (C=O) groups excluding carboxylic acids is 2. The second-order valence-electron chi connectivity index (χ2n) is 10.1. The molecule has 0 saturated heterocycles. The zero-order valence-electron chi connectivity index (χ0n) is 23.1. The fourth-order valence-electron chi connectivity index (χ4n) is 4.40. The van der Waals surface area contributed by atoms with E-state index in [1.54, 1.807) is 0 Å². The monoisotopic (exact) mass is 481 g/mol. The minimum atomic E-state index is -0.131. The number of ether oxygens (including phenoxy) is 1. The van der Waals surface area contributed by atoms with Crippen molar-refractivity contribution in [3.8, 4) is 0 Å². The summed E-state index contributed by atoms with van der Waals surface area (Å²) in [7, 11) is 0. The summed E-state index contributed by atoms with van der Waals surface area (Å²) in [6, 6.07) is 0. The smallest absolute Gasteiger partial charge is 0.305 e. The maximum absolute atomic E-state index is 11.9. The van der Waals surface area contributed by atoms with Crippen molar-refractivity contribution in [3.05, 3.63) is 0 Å². The van der Waals surface area contributed by atoms with E-state index in [9.17, 15) is 9.59 Å². The summed E-state index contributed by atoms with van der Waals surface area (Å²) < 4.78 is 5.23. The molecule has 0 aromatic heterocycles. The second-order valence-corrected chi connectivity index (χ2v) is 10.1. The van der Waals surface area contributed by atoms with E-state index in [2.05, 4.69) is 19.2 Å². The van der Waals surface area contributed by atoms with E-state index < -0.39 is 0 Å². The highest BCUT2D eigenvalue weighted by Gasteiger charge is 2.04. The van der Waals surface area contributed by atoms with Gasteiger partial charge in [0, 0.05) is 12.8 Å². The molecule has 202 valence electrons. The highest BCUT2D eigenvalue weighted by Crippen LogP contribution is 2.13. The molecular formula is C30H59NO3. The van der Waals surface area contributed by atoms with Crippen LogP contribution in [-0.2, 0) is 14.3 Å². The maximum Gasteiger partial charge on any atom is 0.305 e. The van der Waals surface area contributed by atoms with E-state index in [1.165, 1.54) is 116 Å². The summed E-state index contributed by atoms with van der Waals surface area (Å²) in [4.78, 5) is 23.7. The van der Waals surface area contributed by atoms with Crippen molar-refractivity contribution in [2.75, 3.05) is 13.2 Å². The first-order valence-electron chi connectivity index (χ1n) is 15.1. The Bertz CT molecular complexity index is 439. The normalized spacial score (nSPS) is 11.0. The molecule has 4 nitrogen and oxygen atoms in total. The van der Waals surface area contributed by atoms with Crippen LogP contribution in [-0.4, -0.2) is 25.0 Å². The van der Waals surface area contributed by atoms with Crippen LogP contribution in [0.2, 0.25) is 0 Å². The van der Waals surface area contributed by atoms with Gasteiger partial charge in [0.25, 0.3) is 0 Å². The van der Waals surface area contributed by atoms with Crippen molar-refractivity contribution in [1.29, 1.82) is 0 Å². The minimum Gasteiger partial charge on any atom is -0.464 e. The Hall–Kier alpha value is -1.06. The van der Waals surface area contributed by atoms with Gasteiger partial charge in [0.05, 0.1) is 6.54 Å². The molecule has 34 heavy (non-hydrogen) atoms. The number of hydrogen-bond donors (Lipinski definition) is 1. The Morgan fingerprint density at radius 2 is 0.853 bits per heavy atom. The van der Waals surface area contributed by atoms with Gasteiger partial charge < -0.3 is 10.1 Å². The SMILES string of the molecule is CCCCCCCCCCCCCCCC(=O)NCCOC(=O)CCCCCCCCCCC. The largest absolute Gasteiger partial charge is 0.464 e. The van der Waals surface area contributed by atoms with Crippen LogP contribution >= 0.6 is 0 Å². The molecule has 1 N–H and O–H groups in total. The van der Waals surface area contributed by atoms with E-state index in [0.29, 0.717) is 26.0 Å². The summed E-state index contributed by atoms with van der Waals surface area (Å²) in [6.45, 7) is 5.24. The molecule has 1 amide bonds. The van der Waals surface area contributed by atoms with Crippen LogP contribution in [0.1, 0.15) is 168 Å². The molecule has 0 aliphatic heterocycles. The molecule has 0 fully saturated rings. The third kappa shape index (κ3) is 27.2. The second kappa shape index (κ2) is 28.2. The molecule has 4 heteroatoms. The van der Waals surface area contributed by atoms with Crippen LogP contribution in [0.4, 0.5) is 0 Å². The Balaban J connectivity index is 3.27. The van der Waals surface area contributed by atoms with E-state index in [-0.39, 0.29) is 11.9 Å². The maximum atomic E-state index is 11.9. The number of amides is 1. The molecule has 0 atom stereocenters. The fraction of sp³-hybridized carbons (Fsp3) is 0.933. The lowest BCUT2D eigenvalue weighted by molar-refractivity contribution is -0.144. The van der Waals surface area contributed by atoms with Gasteiger partial charge in [-0.3, -0.25) is 9.59 Å². The number of rotatable bonds is 27. The molecule has 0 radical (unpaired) electrons. The lowest BCUT2D eigenvalue weighted by Gasteiger charge is -2.07. The van der Waals surface area contributed by atoms with Crippen LogP contribution < -0.4 is 5.32 Å². The average Bonchev–Trinajstić information content (AvgIpc) is 2.83. The molecule has 0 bridgehead atoms. The molecule has 0 aromatic rings. The van der Waals surface area contributed by atoms with Crippen LogP contribution in [0.5, 0.6) is 0 Å². The molecule has 0 aromatic carbocycles. The number of esters is 1. The third-order valence-electron chi connectivity index (χ3n) is 6.68. The van der Waals surface area contributed by atoms with Gasteiger partial charge in [0.15, 0.2) is 0 Å². The van der Waals surface area contributed by atoms with E-state index in [0.717, 1.165) is 25.7 Å². The number of carbonyl (C=O) groups is 2. The zero-order valence-corrected chi connectivity index (χ0v) is 23.1. The average molecular weight is 482 g/mol. The number of unbranched alkanes of at least 4 members (excludes halogenated alkanes) is 20. The fourth-order valence-corrected chi connectivity index (χ4v) is 4.40. The van der Waals surface area contributed by atoms with Crippen molar-refractivity contribution in [2.24, 2.45) is 0 Å². The standard InChI is InChI=1S/C30H59NO3/c1-3-5-7-9-11-13-14-15-16-18-19-21-23-25-29(32)31-27-28-34-30(33)26-24-22-20-17-12-10-8-6-4-2/h3-28H2,1-2H3,(H,31,32). The first-order chi connectivity index (χ1) is 16.7. The quantitative estimate of drug-likeness (QED) is 0.0940. The highest BCUT2D eigenvalue weighted by atomic mass is 16.5. The van der Waals surface area contributed by atoms with Crippen molar-refractivity contribution in [1.82, 2.24) is 5.32 Å². The van der Waals surface area contributed by atoms with Gasteiger partial charge in [-0.05, 0) is 12.8 Å². The molecule has 0 spiro atoms. The van der Waals surface area contributed by atoms with E-state index in [4.69, 9.17) is 4.74 Å². The zero-order chi connectivity index (χ0) is 25.0. The van der Waals surface area contributed by atoms with Crippen LogP contribution in [0.25, 0.3) is 0 Å². The lowest BCUT2D eigenvalue weighted by Crippen LogP contribution is -2.27. The Morgan fingerprint density at radius 3 is 1.26 bits per heavy atom. The summed E-state index contributed by atoms with van der Waals surface area (Å²) in [5, 5.41) is 2.87. The minimum absolute atomic E-state index is 0.0815.